The van der Waals surface area contributed by atoms with E-state index < -0.39 is 0 Å². The first-order valence-electron chi connectivity index (χ1n) is 8.40. The Morgan fingerprint density at radius 3 is 2.36 bits per heavy atom. The number of unbranched alkanes of at least 4 members (excludes halogenated alkanes) is 1. The zero-order valence-electron chi connectivity index (χ0n) is 14.2. The van der Waals surface area contributed by atoms with E-state index in [9.17, 15) is 0 Å². The highest BCUT2D eigenvalue weighted by atomic mass is 15.1. The van der Waals surface area contributed by atoms with Crippen LogP contribution in [0.15, 0.2) is 55.0 Å². The fourth-order valence-corrected chi connectivity index (χ4v) is 2.43. The summed E-state index contributed by atoms with van der Waals surface area (Å²) in [6.07, 6.45) is 6.68. The Morgan fingerprint density at radius 1 is 0.920 bits per heavy atom. The third-order valence-electron chi connectivity index (χ3n) is 3.83. The highest BCUT2D eigenvalue weighted by Crippen LogP contribution is 2.27. The van der Waals surface area contributed by atoms with Crippen LogP contribution in [-0.2, 0) is 6.42 Å². The molecule has 0 radical (unpaired) electrons. The van der Waals surface area contributed by atoms with Crippen molar-refractivity contribution in [1.82, 2.24) is 15.0 Å². The average molecular weight is 334 g/mol. The molecule has 0 spiro atoms. The molecule has 0 bridgehead atoms. The molecular formula is C19H22N6. The van der Waals surface area contributed by atoms with Crippen LogP contribution in [0.1, 0.15) is 25.3 Å². The van der Waals surface area contributed by atoms with Gasteiger partial charge in [0.15, 0.2) is 11.6 Å². The van der Waals surface area contributed by atoms with E-state index in [1.165, 1.54) is 24.7 Å². The first kappa shape index (κ1) is 16.7. The Morgan fingerprint density at radius 2 is 1.68 bits per heavy atom. The summed E-state index contributed by atoms with van der Waals surface area (Å²) in [6.45, 7) is 2.20. The van der Waals surface area contributed by atoms with Gasteiger partial charge in [-0.3, -0.25) is 0 Å². The number of nitrogen functional groups attached to an aromatic ring is 1. The van der Waals surface area contributed by atoms with Gasteiger partial charge < -0.3 is 16.4 Å². The molecule has 2 heterocycles. The number of aromatic nitrogens is 3. The second-order valence-electron chi connectivity index (χ2n) is 5.75. The van der Waals surface area contributed by atoms with E-state index in [4.69, 9.17) is 5.73 Å². The number of hydrogen-bond acceptors (Lipinski definition) is 6. The zero-order valence-corrected chi connectivity index (χ0v) is 14.2. The highest BCUT2D eigenvalue weighted by Gasteiger charge is 2.09. The number of benzene rings is 1. The second-order valence-corrected chi connectivity index (χ2v) is 5.75. The van der Waals surface area contributed by atoms with Gasteiger partial charge in [-0.1, -0.05) is 31.5 Å². The van der Waals surface area contributed by atoms with Crippen LogP contribution < -0.4 is 16.4 Å². The molecule has 0 saturated heterocycles. The summed E-state index contributed by atoms with van der Waals surface area (Å²) in [5.41, 5.74) is 8.92. The van der Waals surface area contributed by atoms with Gasteiger partial charge in [0.25, 0.3) is 0 Å². The molecule has 2 aromatic heterocycles. The van der Waals surface area contributed by atoms with Gasteiger partial charge in [-0.25, -0.2) is 15.0 Å². The van der Waals surface area contributed by atoms with Crippen LogP contribution in [0, 0.1) is 0 Å². The SMILES string of the molecule is CCCCc1ccc(Nc2ncnc(Nc3ccccn3)c2N)cc1. The van der Waals surface area contributed by atoms with Crippen molar-refractivity contribution in [3.8, 4) is 0 Å². The van der Waals surface area contributed by atoms with Crippen LogP contribution in [0.2, 0.25) is 0 Å². The first-order valence-corrected chi connectivity index (χ1v) is 8.40. The first-order chi connectivity index (χ1) is 12.3. The average Bonchev–Trinajstić information content (AvgIpc) is 2.65. The number of pyridine rings is 1. The van der Waals surface area contributed by atoms with Crippen molar-refractivity contribution in [1.29, 1.82) is 0 Å². The standard InChI is InChI=1S/C19H22N6/c1-2-3-6-14-8-10-15(11-9-14)24-18-17(20)19(23-13-22-18)25-16-7-4-5-12-21-16/h4-5,7-13H,2-3,6,20H2,1H3,(H2,21,22,23,24,25). The molecule has 0 aliphatic carbocycles. The molecular weight excluding hydrogens is 312 g/mol. The van der Waals surface area contributed by atoms with Crippen molar-refractivity contribution < 1.29 is 0 Å². The quantitative estimate of drug-likeness (QED) is 0.597. The Balaban J connectivity index is 1.73. The molecule has 0 amide bonds. The number of aryl methyl sites for hydroxylation is 1. The summed E-state index contributed by atoms with van der Waals surface area (Å²) in [4.78, 5) is 12.7. The number of nitrogens with zero attached hydrogens (tertiary/aromatic N) is 3. The molecule has 0 unspecified atom stereocenters. The molecule has 3 rings (SSSR count). The summed E-state index contributed by atoms with van der Waals surface area (Å²) < 4.78 is 0. The van der Waals surface area contributed by atoms with Crippen LogP contribution in [0.4, 0.5) is 28.8 Å². The predicted molar refractivity (Wildman–Crippen MR) is 102 cm³/mol. The van der Waals surface area contributed by atoms with Gasteiger partial charge in [0, 0.05) is 11.9 Å². The number of rotatable bonds is 7. The van der Waals surface area contributed by atoms with Crippen molar-refractivity contribution in [3.63, 3.8) is 0 Å². The monoisotopic (exact) mass is 334 g/mol. The van der Waals surface area contributed by atoms with Crippen molar-refractivity contribution in [3.05, 3.63) is 60.6 Å². The molecule has 0 fully saturated rings. The van der Waals surface area contributed by atoms with E-state index in [2.05, 4.69) is 44.6 Å². The molecule has 1 aromatic carbocycles. The summed E-state index contributed by atoms with van der Waals surface area (Å²) in [5.74, 6) is 1.77. The molecule has 0 atom stereocenters. The van der Waals surface area contributed by atoms with E-state index in [0.29, 0.717) is 23.1 Å². The van der Waals surface area contributed by atoms with Gasteiger partial charge in [-0.15, -0.1) is 0 Å². The van der Waals surface area contributed by atoms with Gasteiger partial charge in [0.1, 0.15) is 17.8 Å². The van der Waals surface area contributed by atoms with E-state index in [1.54, 1.807) is 6.20 Å². The van der Waals surface area contributed by atoms with E-state index in [0.717, 1.165) is 12.1 Å². The molecule has 6 heteroatoms. The highest BCUT2D eigenvalue weighted by molar-refractivity contribution is 5.79. The molecule has 3 aromatic rings. The van der Waals surface area contributed by atoms with Crippen LogP contribution in [0.3, 0.4) is 0 Å². The minimum Gasteiger partial charge on any atom is -0.393 e. The van der Waals surface area contributed by atoms with Crippen molar-refractivity contribution >= 4 is 28.8 Å². The third kappa shape index (κ3) is 4.44. The van der Waals surface area contributed by atoms with Crippen molar-refractivity contribution in [2.45, 2.75) is 26.2 Å². The lowest BCUT2D eigenvalue weighted by atomic mass is 10.1. The van der Waals surface area contributed by atoms with E-state index in [1.807, 2.05) is 30.3 Å². The Labute approximate surface area is 147 Å². The number of hydrogen-bond donors (Lipinski definition) is 3. The van der Waals surface area contributed by atoms with E-state index >= 15 is 0 Å². The Hall–Kier alpha value is -3.15. The van der Waals surface area contributed by atoms with Gasteiger partial charge >= 0.3 is 0 Å². The second kappa shape index (κ2) is 8.10. The lowest BCUT2D eigenvalue weighted by Crippen LogP contribution is -2.05. The summed E-state index contributed by atoms with van der Waals surface area (Å²) >= 11 is 0. The summed E-state index contributed by atoms with van der Waals surface area (Å²) in [6, 6.07) is 13.9. The molecule has 0 aliphatic rings. The fraction of sp³-hybridized carbons (Fsp3) is 0.211. The van der Waals surface area contributed by atoms with Crippen molar-refractivity contribution in [2.75, 3.05) is 16.4 Å². The van der Waals surface area contributed by atoms with E-state index in [-0.39, 0.29) is 0 Å². The third-order valence-corrected chi connectivity index (χ3v) is 3.83. The largest absolute Gasteiger partial charge is 0.393 e. The lowest BCUT2D eigenvalue weighted by Gasteiger charge is -2.12. The molecule has 25 heavy (non-hydrogen) atoms. The molecule has 6 nitrogen and oxygen atoms in total. The topological polar surface area (TPSA) is 88.8 Å². The maximum absolute atomic E-state index is 6.20. The fourth-order valence-electron chi connectivity index (χ4n) is 2.43. The molecule has 4 N–H and O–H groups in total. The van der Waals surface area contributed by atoms with Gasteiger partial charge in [0.05, 0.1) is 0 Å². The summed E-state index contributed by atoms with van der Waals surface area (Å²) in [7, 11) is 0. The Bertz CT molecular complexity index is 802. The maximum atomic E-state index is 6.20. The smallest absolute Gasteiger partial charge is 0.160 e. The number of nitrogens with one attached hydrogen (secondary N) is 2. The van der Waals surface area contributed by atoms with Gasteiger partial charge in [0.2, 0.25) is 0 Å². The predicted octanol–water partition coefficient (Wildman–Crippen LogP) is 4.28. The lowest BCUT2D eigenvalue weighted by molar-refractivity contribution is 0.795. The van der Waals surface area contributed by atoms with Crippen LogP contribution in [0.25, 0.3) is 0 Å². The maximum Gasteiger partial charge on any atom is 0.160 e. The van der Waals surface area contributed by atoms with Crippen molar-refractivity contribution in [2.24, 2.45) is 0 Å². The molecule has 0 aliphatic heterocycles. The zero-order chi connectivity index (χ0) is 17.5. The Kier molecular flexibility index (Phi) is 5.41. The van der Waals surface area contributed by atoms with Gasteiger partial charge in [-0.05, 0) is 42.7 Å². The summed E-state index contributed by atoms with van der Waals surface area (Å²) in [5, 5.41) is 6.35. The van der Waals surface area contributed by atoms with Crippen LogP contribution in [-0.4, -0.2) is 15.0 Å². The number of anilines is 5. The van der Waals surface area contributed by atoms with Crippen LogP contribution in [0.5, 0.6) is 0 Å². The minimum absolute atomic E-state index is 0.447. The number of nitrogens with two attached hydrogens (primary N) is 1. The molecule has 0 saturated carbocycles. The van der Waals surface area contributed by atoms with Crippen LogP contribution >= 0.6 is 0 Å². The van der Waals surface area contributed by atoms with Gasteiger partial charge in [-0.2, -0.15) is 0 Å². The molecule has 128 valence electrons. The normalized spacial score (nSPS) is 10.4. The minimum atomic E-state index is 0.447.